The largest absolute Gasteiger partial charge is 0.480 e. The van der Waals surface area contributed by atoms with Crippen LogP contribution in [0.4, 0.5) is 0 Å². The van der Waals surface area contributed by atoms with E-state index in [0.29, 0.717) is 4.48 Å². The molecule has 1 aliphatic carbocycles. The number of likely N-dealkylation sites (tertiary alicyclic amines) is 1. The van der Waals surface area contributed by atoms with E-state index in [9.17, 15) is 14.7 Å². The summed E-state index contributed by atoms with van der Waals surface area (Å²) in [6.45, 7) is 4.80. The van der Waals surface area contributed by atoms with E-state index in [2.05, 4.69) is 20.8 Å². The Bertz CT molecular complexity index is 616. The summed E-state index contributed by atoms with van der Waals surface area (Å²) in [7, 11) is 0. The molecule has 6 nitrogen and oxygen atoms in total. The minimum atomic E-state index is -1.24. The first-order valence-corrected chi connectivity index (χ1v) is 9.10. The van der Waals surface area contributed by atoms with Crippen LogP contribution in [-0.2, 0) is 19.1 Å². The van der Waals surface area contributed by atoms with E-state index < -0.39 is 23.6 Å². The van der Waals surface area contributed by atoms with Crippen molar-refractivity contribution in [1.82, 2.24) is 4.90 Å². The van der Waals surface area contributed by atoms with Crippen LogP contribution in [0, 0.1) is 5.92 Å². The van der Waals surface area contributed by atoms with Crippen LogP contribution >= 0.6 is 15.9 Å². The SMILES string of the molecule is CC1(C)OC(=O)C([C@@H]2C(=O)C(Br)=C[C@H]2N2CCCCCC2)=C(O)O1. The second-order valence-corrected chi connectivity index (χ2v) is 7.76. The molecule has 0 aromatic rings. The van der Waals surface area contributed by atoms with Crippen LogP contribution in [-0.4, -0.2) is 46.7 Å². The number of esters is 1. The molecule has 0 amide bonds. The van der Waals surface area contributed by atoms with Crippen LogP contribution in [0.5, 0.6) is 0 Å². The number of Topliss-reactive ketones (excluding diaryl/α,β-unsaturated/α-hetero) is 1. The van der Waals surface area contributed by atoms with Crippen molar-refractivity contribution in [3.8, 4) is 0 Å². The predicted octanol–water partition coefficient (Wildman–Crippen LogP) is 2.79. The van der Waals surface area contributed by atoms with Crippen LogP contribution in [0.3, 0.4) is 0 Å². The van der Waals surface area contributed by atoms with Crippen LogP contribution in [0.2, 0.25) is 0 Å². The van der Waals surface area contributed by atoms with Crippen LogP contribution in [0.25, 0.3) is 0 Å². The Kier molecular flexibility index (Phi) is 4.75. The normalized spacial score (nSPS) is 31.4. The fraction of sp³-hybridized carbons (Fsp3) is 0.647. The average Bonchev–Trinajstić information content (AvgIpc) is 2.69. The smallest absolute Gasteiger partial charge is 0.345 e. The van der Waals surface area contributed by atoms with Gasteiger partial charge in [-0.15, -0.1) is 0 Å². The number of carbonyl (C=O) groups is 2. The molecule has 1 N–H and O–H groups in total. The number of cyclic esters (lactones) is 1. The van der Waals surface area contributed by atoms with E-state index in [4.69, 9.17) is 9.47 Å². The third-order valence-corrected chi connectivity index (χ3v) is 5.34. The molecular weight excluding hydrogens is 378 g/mol. The molecule has 7 heteroatoms. The lowest BCUT2D eigenvalue weighted by atomic mass is 9.90. The first kappa shape index (κ1) is 17.5. The summed E-state index contributed by atoms with van der Waals surface area (Å²) in [5.41, 5.74) is -0.0840. The van der Waals surface area contributed by atoms with Crippen molar-refractivity contribution in [2.75, 3.05) is 13.1 Å². The average molecular weight is 400 g/mol. The van der Waals surface area contributed by atoms with Gasteiger partial charge in [-0.3, -0.25) is 9.69 Å². The van der Waals surface area contributed by atoms with Crippen molar-refractivity contribution >= 4 is 27.7 Å². The zero-order valence-electron chi connectivity index (χ0n) is 13.9. The van der Waals surface area contributed by atoms with E-state index in [1.807, 2.05) is 6.08 Å². The Hall–Kier alpha value is -1.34. The van der Waals surface area contributed by atoms with E-state index in [1.54, 1.807) is 0 Å². The number of aliphatic hydroxyl groups excluding tert-OH is 1. The van der Waals surface area contributed by atoms with Crippen molar-refractivity contribution in [2.24, 2.45) is 5.92 Å². The minimum absolute atomic E-state index is 0.0840. The van der Waals surface area contributed by atoms with Crippen LogP contribution in [0.15, 0.2) is 22.1 Å². The van der Waals surface area contributed by atoms with Gasteiger partial charge in [0.1, 0.15) is 5.57 Å². The maximum absolute atomic E-state index is 12.6. The van der Waals surface area contributed by atoms with Crippen molar-refractivity contribution < 1.29 is 24.2 Å². The molecule has 0 unspecified atom stereocenters. The standard InChI is InChI=1S/C17H22BrNO5/c1-17(2)23-15(21)13(16(22)24-17)12-11(9-10(18)14(12)20)19-7-5-3-4-6-8-19/h9,11-12,21H,3-8H2,1-2H3/t11-,12-/m1/s1. The molecule has 0 aromatic carbocycles. The summed E-state index contributed by atoms with van der Waals surface area (Å²) in [6, 6.07) is -0.278. The van der Waals surface area contributed by atoms with Gasteiger partial charge >= 0.3 is 5.97 Å². The molecular formula is C17H22BrNO5. The van der Waals surface area contributed by atoms with Gasteiger partial charge in [-0.2, -0.15) is 0 Å². The van der Waals surface area contributed by atoms with E-state index in [1.165, 1.54) is 26.7 Å². The van der Waals surface area contributed by atoms with Crippen LogP contribution in [0.1, 0.15) is 39.5 Å². The van der Waals surface area contributed by atoms with Crippen molar-refractivity contribution in [3.05, 3.63) is 22.1 Å². The molecule has 0 aromatic heterocycles. The summed E-state index contributed by atoms with van der Waals surface area (Å²) < 4.78 is 11.0. The summed E-state index contributed by atoms with van der Waals surface area (Å²) in [5.74, 6) is -3.48. The maximum Gasteiger partial charge on any atom is 0.345 e. The van der Waals surface area contributed by atoms with E-state index in [0.717, 1.165) is 25.9 Å². The highest BCUT2D eigenvalue weighted by Crippen LogP contribution is 2.39. The van der Waals surface area contributed by atoms with Gasteiger partial charge in [0, 0.05) is 19.9 Å². The molecule has 24 heavy (non-hydrogen) atoms. The third kappa shape index (κ3) is 3.24. The fourth-order valence-corrected chi connectivity index (χ4v) is 4.09. The second-order valence-electron chi connectivity index (χ2n) is 6.91. The number of nitrogens with zero attached hydrogens (tertiary/aromatic N) is 1. The molecule has 132 valence electrons. The van der Waals surface area contributed by atoms with Gasteiger partial charge < -0.3 is 14.6 Å². The molecule has 0 bridgehead atoms. The molecule has 2 heterocycles. The molecule has 1 fully saturated rings. The first-order chi connectivity index (χ1) is 11.3. The lowest BCUT2D eigenvalue weighted by molar-refractivity contribution is -0.223. The second kappa shape index (κ2) is 6.52. The van der Waals surface area contributed by atoms with Crippen molar-refractivity contribution in [3.63, 3.8) is 0 Å². The van der Waals surface area contributed by atoms with Gasteiger partial charge in [0.2, 0.25) is 0 Å². The summed E-state index contributed by atoms with van der Waals surface area (Å²) in [4.78, 5) is 27.3. The monoisotopic (exact) mass is 399 g/mol. The molecule has 2 atom stereocenters. The lowest BCUT2D eigenvalue weighted by Gasteiger charge is -2.35. The number of hydrogen-bond donors (Lipinski definition) is 1. The Labute approximate surface area is 149 Å². The summed E-state index contributed by atoms with van der Waals surface area (Å²) in [5, 5.41) is 10.3. The quantitative estimate of drug-likeness (QED) is 0.719. The highest BCUT2D eigenvalue weighted by molar-refractivity contribution is 9.12. The maximum atomic E-state index is 12.6. The van der Waals surface area contributed by atoms with Crippen molar-refractivity contribution in [1.29, 1.82) is 0 Å². The van der Waals surface area contributed by atoms with E-state index in [-0.39, 0.29) is 17.4 Å². The Morgan fingerprint density at radius 1 is 1.17 bits per heavy atom. The Morgan fingerprint density at radius 3 is 2.38 bits per heavy atom. The van der Waals surface area contributed by atoms with Gasteiger partial charge in [-0.1, -0.05) is 12.8 Å². The Morgan fingerprint density at radius 2 is 1.79 bits per heavy atom. The zero-order chi connectivity index (χ0) is 17.5. The Balaban J connectivity index is 1.95. The number of carbonyl (C=O) groups excluding carboxylic acids is 2. The summed E-state index contributed by atoms with van der Waals surface area (Å²) in [6.07, 6.45) is 6.27. The van der Waals surface area contributed by atoms with Gasteiger partial charge in [0.25, 0.3) is 11.7 Å². The van der Waals surface area contributed by atoms with Crippen LogP contribution < -0.4 is 0 Å². The van der Waals surface area contributed by atoms with Gasteiger partial charge in [-0.25, -0.2) is 4.79 Å². The number of ketones is 1. The molecule has 2 aliphatic heterocycles. The number of rotatable bonds is 2. The molecule has 0 saturated carbocycles. The molecule has 0 radical (unpaired) electrons. The molecule has 3 aliphatic rings. The number of allylic oxidation sites excluding steroid dienone is 1. The highest BCUT2D eigenvalue weighted by Gasteiger charge is 2.49. The van der Waals surface area contributed by atoms with Gasteiger partial charge in [0.15, 0.2) is 5.78 Å². The van der Waals surface area contributed by atoms with Gasteiger partial charge in [-0.05, 0) is 47.9 Å². The number of ether oxygens (including phenoxy) is 2. The topological polar surface area (TPSA) is 76.1 Å². The molecule has 0 spiro atoms. The third-order valence-electron chi connectivity index (χ3n) is 4.68. The number of hydrogen-bond acceptors (Lipinski definition) is 6. The highest BCUT2D eigenvalue weighted by atomic mass is 79.9. The number of halogens is 1. The van der Waals surface area contributed by atoms with Gasteiger partial charge in [0.05, 0.1) is 10.4 Å². The summed E-state index contributed by atoms with van der Waals surface area (Å²) >= 11 is 3.29. The van der Waals surface area contributed by atoms with Crippen molar-refractivity contribution in [2.45, 2.75) is 51.4 Å². The lowest BCUT2D eigenvalue weighted by Crippen LogP contribution is -2.46. The molecule has 3 rings (SSSR count). The first-order valence-electron chi connectivity index (χ1n) is 8.31. The predicted molar refractivity (Wildman–Crippen MR) is 90.2 cm³/mol. The zero-order valence-corrected chi connectivity index (χ0v) is 15.5. The molecule has 1 saturated heterocycles. The number of aliphatic hydroxyl groups is 1. The minimum Gasteiger partial charge on any atom is -0.480 e. The van der Waals surface area contributed by atoms with E-state index >= 15 is 0 Å². The fourth-order valence-electron chi connectivity index (χ4n) is 3.58.